The van der Waals surface area contributed by atoms with E-state index >= 15 is 0 Å². The molecule has 3 aliphatic heterocycles. The Bertz CT molecular complexity index is 298. The minimum atomic E-state index is 0.969. The Morgan fingerprint density at radius 3 is 1.82 bits per heavy atom. The monoisotopic (exact) mass is 307 g/mol. The average molecular weight is 308 g/mol. The summed E-state index contributed by atoms with van der Waals surface area (Å²) in [4.78, 5) is 5.39. The molecule has 0 unspecified atom stereocenters. The number of hydrogen-bond donors (Lipinski definition) is 1. The number of piperidine rings is 3. The van der Waals surface area contributed by atoms with Gasteiger partial charge in [0.25, 0.3) is 0 Å². The first kappa shape index (κ1) is 16.7. The van der Waals surface area contributed by atoms with Gasteiger partial charge in [-0.15, -0.1) is 0 Å². The zero-order chi connectivity index (χ0) is 15.2. The van der Waals surface area contributed by atoms with E-state index in [0.29, 0.717) is 0 Å². The molecular formula is C19H37N3. The predicted octanol–water partition coefficient (Wildman–Crippen LogP) is 2.82. The minimum Gasteiger partial charge on any atom is -0.317 e. The van der Waals surface area contributed by atoms with Crippen LogP contribution in [0.2, 0.25) is 0 Å². The molecule has 3 fully saturated rings. The highest BCUT2D eigenvalue weighted by Crippen LogP contribution is 2.30. The number of nitrogens with one attached hydrogen (secondary N) is 1. The van der Waals surface area contributed by atoms with Crippen LogP contribution in [-0.2, 0) is 0 Å². The average Bonchev–Trinajstić information content (AvgIpc) is 2.58. The Labute approximate surface area is 137 Å². The van der Waals surface area contributed by atoms with Crippen molar-refractivity contribution < 1.29 is 0 Å². The normalized spacial score (nSPS) is 28.2. The van der Waals surface area contributed by atoms with E-state index in [1.165, 1.54) is 97.3 Å². The summed E-state index contributed by atoms with van der Waals surface area (Å²) in [6.45, 7) is 12.9. The Morgan fingerprint density at radius 1 is 0.727 bits per heavy atom. The smallest absolute Gasteiger partial charge is 0.00106 e. The van der Waals surface area contributed by atoms with Gasteiger partial charge in [-0.3, -0.25) is 0 Å². The third kappa shape index (κ3) is 4.94. The highest BCUT2D eigenvalue weighted by Gasteiger charge is 2.26. The Hall–Kier alpha value is -0.120. The molecule has 0 aromatic heterocycles. The molecule has 22 heavy (non-hydrogen) atoms. The lowest BCUT2D eigenvalue weighted by atomic mass is 9.82. The first-order valence-electron chi connectivity index (χ1n) is 9.99. The van der Waals surface area contributed by atoms with Gasteiger partial charge in [-0.25, -0.2) is 0 Å². The molecule has 3 heterocycles. The zero-order valence-electron chi connectivity index (χ0n) is 14.7. The summed E-state index contributed by atoms with van der Waals surface area (Å²) >= 11 is 0. The van der Waals surface area contributed by atoms with E-state index in [0.717, 1.165) is 17.8 Å². The van der Waals surface area contributed by atoms with Crippen molar-refractivity contribution in [1.29, 1.82) is 0 Å². The molecule has 3 nitrogen and oxygen atoms in total. The second-order valence-electron chi connectivity index (χ2n) is 8.05. The lowest BCUT2D eigenvalue weighted by Crippen LogP contribution is -2.41. The molecule has 0 aromatic rings. The van der Waals surface area contributed by atoms with Crippen LogP contribution in [0.4, 0.5) is 0 Å². The van der Waals surface area contributed by atoms with E-state index in [2.05, 4.69) is 22.0 Å². The van der Waals surface area contributed by atoms with Crippen molar-refractivity contribution in [3.63, 3.8) is 0 Å². The molecule has 0 bridgehead atoms. The van der Waals surface area contributed by atoms with Crippen molar-refractivity contribution in [3.8, 4) is 0 Å². The van der Waals surface area contributed by atoms with Crippen molar-refractivity contribution in [2.45, 2.75) is 51.9 Å². The second kappa shape index (κ2) is 8.65. The molecule has 128 valence electrons. The van der Waals surface area contributed by atoms with Gasteiger partial charge in [0.15, 0.2) is 0 Å². The number of hydrogen-bond acceptors (Lipinski definition) is 3. The lowest BCUT2D eigenvalue weighted by molar-refractivity contribution is 0.120. The summed E-state index contributed by atoms with van der Waals surface area (Å²) in [5.41, 5.74) is 0. The van der Waals surface area contributed by atoms with Crippen LogP contribution in [0.1, 0.15) is 51.9 Å². The van der Waals surface area contributed by atoms with Crippen LogP contribution in [0.15, 0.2) is 0 Å². The lowest BCUT2D eigenvalue weighted by Gasteiger charge is -2.38. The molecule has 3 aliphatic rings. The largest absolute Gasteiger partial charge is 0.317 e. The fourth-order valence-corrected chi connectivity index (χ4v) is 4.84. The second-order valence-corrected chi connectivity index (χ2v) is 8.05. The van der Waals surface area contributed by atoms with E-state index in [1.54, 1.807) is 0 Å². The number of likely N-dealkylation sites (tertiary alicyclic amines) is 2. The van der Waals surface area contributed by atoms with Crippen LogP contribution in [0.25, 0.3) is 0 Å². The molecule has 1 N–H and O–H groups in total. The van der Waals surface area contributed by atoms with Crippen molar-refractivity contribution in [1.82, 2.24) is 15.1 Å². The zero-order valence-corrected chi connectivity index (χ0v) is 14.7. The Balaban J connectivity index is 1.32. The third-order valence-electron chi connectivity index (χ3n) is 6.50. The summed E-state index contributed by atoms with van der Waals surface area (Å²) in [5, 5.41) is 3.49. The molecule has 0 spiro atoms. The van der Waals surface area contributed by atoms with Crippen LogP contribution >= 0.6 is 0 Å². The summed E-state index contributed by atoms with van der Waals surface area (Å²) in [6.07, 6.45) is 10.2. The summed E-state index contributed by atoms with van der Waals surface area (Å²) in [5.74, 6) is 3.03. The Morgan fingerprint density at radius 2 is 1.27 bits per heavy atom. The van der Waals surface area contributed by atoms with Crippen molar-refractivity contribution >= 4 is 0 Å². The minimum absolute atomic E-state index is 0.969. The number of nitrogens with zero attached hydrogens (tertiary/aromatic N) is 2. The first-order chi connectivity index (χ1) is 10.8. The van der Waals surface area contributed by atoms with Crippen LogP contribution in [0, 0.1) is 17.8 Å². The van der Waals surface area contributed by atoms with Gasteiger partial charge < -0.3 is 15.1 Å². The van der Waals surface area contributed by atoms with Gasteiger partial charge in [-0.1, -0.05) is 6.92 Å². The molecule has 3 heteroatoms. The van der Waals surface area contributed by atoms with Gasteiger partial charge in [0.05, 0.1) is 0 Å². The third-order valence-corrected chi connectivity index (χ3v) is 6.50. The van der Waals surface area contributed by atoms with E-state index in [1.807, 2.05) is 0 Å². The Kier molecular flexibility index (Phi) is 6.58. The molecule has 0 aliphatic carbocycles. The molecular weight excluding hydrogens is 270 g/mol. The van der Waals surface area contributed by atoms with Gasteiger partial charge in [0.2, 0.25) is 0 Å². The molecule has 0 amide bonds. The van der Waals surface area contributed by atoms with E-state index in [4.69, 9.17) is 0 Å². The van der Waals surface area contributed by atoms with Crippen LogP contribution < -0.4 is 5.32 Å². The molecule has 0 atom stereocenters. The van der Waals surface area contributed by atoms with Crippen LogP contribution in [0.3, 0.4) is 0 Å². The van der Waals surface area contributed by atoms with E-state index in [9.17, 15) is 0 Å². The van der Waals surface area contributed by atoms with Gasteiger partial charge in [0, 0.05) is 6.54 Å². The quantitative estimate of drug-likeness (QED) is 0.842. The van der Waals surface area contributed by atoms with Crippen molar-refractivity contribution in [2.24, 2.45) is 17.8 Å². The van der Waals surface area contributed by atoms with Crippen molar-refractivity contribution in [3.05, 3.63) is 0 Å². The molecule has 3 rings (SSSR count). The van der Waals surface area contributed by atoms with Gasteiger partial charge in [-0.05, 0) is 109 Å². The molecule has 3 saturated heterocycles. The summed E-state index contributed by atoms with van der Waals surface area (Å²) < 4.78 is 0. The van der Waals surface area contributed by atoms with Crippen molar-refractivity contribution in [2.75, 3.05) is 52.4 Å². The van der Waals surface area contributed by atoms with Crippen LogP contribution in [0.5, 0.6) is 0 Å². The SMILES string of the molecule is CCN1CCC(CC2CCN(CC3CCNCC3)CC2)CC1. The molecule has 0 aromatic carbocycles. The highest BCUT2D eigenvalue weighted by molar-refractivity contribution is 4.80. The highest BCUT2D eigenvalue weighted by atomic mass is 15.1. The van der Waals surface area contributed by atoms with Crippen LogP contribution in [-0.4, -0.2) is 62.2 Å². The fraction of sp³-hybridized carbons (Fsp3) is 1.00. The summed E-state index contributed by atoms with van der Waals surface area (Å²) in [7, 11) is 0. The first-order valence-corrected chi connectivity index (χ1v) is 9.99. The van der Waals surface area contributed by atoms with Gasteiger partial charge in [0.1, 0.15) is 0 Å². The number of rotatable bonds is 5. The maximum absolute atomic E-state index is 3.49. The standard InChI is InChI=1S/C19H37N3/c1-2-21-11-5-17(6-12-21)15-18-7-13-22(14-8-18)16-19-3-9-20-10-4-19/h17-20H,2-16H2,1H3. The predicted molar refractivity (Wildman–Crippen MR) is 94.2 cm³/mol. The van der Waals surface area contributed by atoms with E-state index in [-0.39, 0.29) is 0 Å². The topological polar surface area (TPSA) is 18.5 Å². The molecule has 0 saturated carbocycles. The summed E-state index contributed by atoms with van der Waals surface area (Å²) in [6, 6.07) is 0. The maximum Gasteiger partial charge on any atom is 0.00106 e. The van der Waals surface area contributed by atoms with E-state index < -0.39 is 0 Å². The fourth-order valence-electron chi connectivity index (χ4n) is 4.84. The van der Waals surface area contributed by atoms with Gasteiger partial charge in [-0.2, -0.15) is 0 Å². The maximum atomic E-state index is 3.49. The van der Waals surface area contributed by atoms with Gasteiger partial charge >= 0.3 is 0 Å². The molecule has 0 radical (unpaired) electrons.